The number of rotatable bonds is 4. The third-order valence-electron chi connectivity index (χ3n) is 2.62. The summed E-state index contributed by atoms with van der Waals surface area (Å²) in [6.45, 7) is 1.98. The van der Waals surface area contributed by atoms with Crippen LogP contribution in [0.1, 0.15) is 18.5 Å². The van der Waals surface area contributed by atoms with Gasteiger partial charge in [-0.05, 0) is 36.1 Å². The minimum absolute atomic E-state index is 0.0428. The molecule has 1 unspecified atom stereocenters. The molecule has 0 aliphatic rings. The van der Waals surface area contributed by atoms with Gasteiger partial charge in [0.1, 0.15) is 5.02 Å². The number of hydrogen-bond donors (Lipinski definition) is 1. The zero-order chi connectivity index (χ0) is 14.0. The number of hydrogen-bond acceptors (Lipinski definition) is 4. The molecule has 0 radical (unpaired) electrons. The van der Waals surface area contributed by atoms with Crippen molar-refractivity contribution in [1.82, 2.24) is 0 Å². The summed E-state index contributed by atoms with van der Waals surface area (Å²) in [6, 6.07) is 6.49. The van der Waals surface area contributed by atoms with E-state index in [0.29, 0.717) is 0 Å². The number of nitro benzene ring substituents is 1. The van der Waals surface area contributed by atoms with E-state index in [0.717, 1.165) is 15.6 Å². The maximum atomic E-state index is 10.7. The van der Waals surface area contributed by atoms with E-state index in [2.05, 4.69) is 5.32 Å². The predicted molar refractivity (Wildman–Crippen MR) is 79.5 cm³/mol. The van der Waals surface area contributed by atoms with E-state index in [9.17, 15) is 10.1 Å². The molecule has 0 fully saturated rings. The van der Waals surface area contributed by atoms with Gasteiger partial charge >= 0.3 is 0 Å². The molecule has 2 aromatic rings. The summed E-state index contributed by atoms with van der Waals surface area (Å²) in [5.74, 6) is 0. The van der Waals surface area contributed by atoms with Gasteiger partial charge in [0, 0.05) is 17.8 Å². The van der Waals surface area contributed by atoms with Crippen LogP contribution in [0.5, 0.6) is 0 Å². The van der Waals surface area contributed by atoms with Gasteiger partial charge in [-0.1, -0.05) is 23.2 Å². The number of thiophene rings is 1. The average Bonchev–Trinajstić information content (AvgIpc) is 2.75. The largest absolute Gasteiger partial charge is 0.378 e. The molecule has 0 aliphatic carbocycles. The van der Waals surface area contributed by atoms with Crippen molar-refractivity contribution >= 4 is 45.9 Å². The third-order valence-corrected chi connectivity index (χ3v) is 4.03. The zero-order valence-electron chi connectivity index (χ0n) is 9.89. The maximum absolute atomic E-state index is 10.7. The molecule has 1 atom stereocenters. The Morgan fingerprint density at radius 3 is 2.63 bits per heavy atom. The van der Waals surface area contributed by atoms with E-state index in [-0.39, 0.29) is 16.8 Å². The molecule has 0 amide bonds. The number of nitrogens with one attached hydrogen (secondary N) is 1. The summed E-state index contributed by atoms with van der Waals surface area (Å²) in [6.07, 6.45) is 0. The van der Waals surface area contributed by atoms with Gasteiger partial charge in [0.05, 0.1) is 9.26 Å². The van der Waals surface area contributed by atoms with Crippen LogP contribution in [0, 0.1) is 10.1 Å². The zero-order valence-corrected chi connectivity index (χ0v) is 12.2. The lowest BCUT2D eigenvalue weighted by molar-refractivity contribution is -0.384. The average molecular weight is 317 g/mol. The minimum atomic E-state index is -0.506. The highest BCUT2D eigenvalue weighted by molar-refractivity contribution is 7.14. The van der Waals surface area contributed by atoms with Crippen molar-refractivity contribution in [2.24, 2.45) is 0 Å². The van der Waals surface area contributed by atoms with Crippen LogP contribution in [-0.4, -0.2) is 4.92 Å². The Hall–Kier alpha value is -1.30. The molecule has 0 bridgehead atoms. The quantitative estimate of drug-likeness (QED) is 0.628. The van der Waals surface area contributed by atoms with Gasteiger partial charge in [-0.3, -0.25) is 10.1 Å². The third kappa shape index (κ3) is 3.37. The van der Waals surface area contributed by atoms with E-state index in [1.807, 2.05) is 18.4 Å². The van der Waals surface area contributed by atoms with Crippen LogP contribution in [0.3, 0.4) is 0 Å². The summed E-state index contributed by atoms with van der Waals surface area (Å²) >= 11 is 13.2. The Kier molecular flexibility index (Phi) is 4.29. The molecule has 2 rings (SSSR count). The van der Waals surface area contributed by atoms with Crippen molar-refractivity contribution in [1.29, 1.82) is 0 Å². The van der Waals surface area contributed by atoms with Crippen molar-refractivity contribution in [3.8, 4) is 0 Å². The Bertz CT molecular complexity index is 616. The summed E-state index contributed by atoms with van der Waals surface area (Å²) in [4.78, 5) is 10.2. The lowest BCUT2D eigenvalue weighted by Crippen LogP contribution is -2.05. The number of benzene rings is 1. The second-order valence-electron chi connectivity index (χ2n) is 3.97. The number of anilines is 1. The summed E-state index contributed by atoms with van der Waals surface area (Å²) in [7, 11) is 0. The molecule has 1 heterocycles. The van der Waals surface area contributed by atoms with Gasteiger partial charge in [-0.15, -0.1) is 11.3 Å². The van der Waals surface area contributed by atoms with Gasteiger partial charge < -0.3 is 5.32 Å². The van der Waals surface area contributed by atoms with Crippen LogP contribution in [0.4, 0.5) is 11.4 Å². The molecule has 4 nitrogen and oxygen atoms in total. The molecule has 0 saturated heterocycles. The van der Waals surface area contributed by atoms with Gasteiger partial charge in [0.25, 0.3) is 5.69 Å². The van der Waals surface area contributed by atoms with Crippen LogP contribution < -0.4 is 5.32 Å². The summed E-state index contributed by atoms with van der Waals surface area (Å²) in [5.41, 5.74) is 1.69. The highest BCUT2D eigenvalue weighted by Gasteiger charge is 2.13. The minimum Gasteiger partial charge on any atom is -0.378 e. The number of nitrogens with zero attached hydrogens (tertiary/aromatic N) is 1. The van der Waals surface area contributed by atoms with Crippen molar-refractivity contribution in [2.45, 2.75) is 13.0 Å². The van der Waals surface area contributed by atoms with Crippen molar-refractivity contribution < 1.29 is 4.92 Å². The topological polar surface area (TPSA) is 55.2 Å². The number of nitro groups is 1. The second-order valence-corrected chi connectivity index (χ2v) is 5.92. The van der Waals surface area contributed by atoms with Gasteiger partial charge in [-0.25, -0.2) is 0 Å². The summed E-state index contributed by atoms with van der Waals surface area (Å²) in [5, 5.41) is 16.0. The van der Waals surface area contributed by atoms with Gasteiger partial charge in [0.15, 0.2) is 0 Å². The van der Waals surface area contributed by atoms with Crippen LogP contribution in [0.15, 0.2) is 29.6 Å². The standard InChI is InChI=1S/C12H10Cl2N2O2S/c1-7(8-4-12(14)19-6-8)15-9-2-3-11(16(17)18)10(13)5-9/h2-7,15H,1H3. The highest BCUT2D eigenvalue weighted by Crippen LogP contribution is 2.30. The molecular formula is C12H10Cl2N2O2S. The Labute approximate surface area is 124 Å². The smallest absolute Gasteiger partial charge is 0.288 e. The Morgan fingerprint density at radius 2 is 2.11 bits per heavy atom. The van der Waals surface area contributed by atoms with Crippen molar-refractivity contribution in [3.05, 3.63) is 54.7 Å². The van der Waals surface area contributed by atoms with E-state index < -0.39 is 4.92 Å². The van der Waals surface area contributed by atoms with Crippen LogP contribution in [0.25, 0.3) is 0 Å². The summed E-state index contributed by atoms with van der Waals surface area (Å²) < 4.78 is 0.727. The van der Waals surface area contributed by atoms with Crippen LogP contribution in [-0.2, 0) is 0 Å². The van der Waals surface area contributed by atoms with Crippen LogP contribution >= 0.6 is 34.5 Å². The van der Waals surface area contributed by atoms with Crippen molar-refractivity contribution in [2.75, 3.05) is 5.32 Å². The molecule has 0 aliphatic heterocycles. The lowest BCUT2D eigenvalue weighted by atomic mass is 10.1. The first kappa shape index (κ1) is 14.1. The van der Waals surface area contributed by atoms with Crippen LogP contribution in [0.2, 0.25) is 9.36 Å². The Morgan fingerprint density at radius 1 is 1.37 bits per heavy atom. The molecule has 7 heteroatoms. The van der Waals surface area contributed by atoms with E-state index in [1.54, 1.807) is 12.1 Å². The SMILES string of the molecule is CC(Nc1ccc([N+](=O)[O-])c(Cl)c1)c1csc(Cl)c1. The maximum Gasteiger partial charge on any atom is 0.288 e. The van der Waals surface area contributed by atoms with Crippen molar-refractivity contribution in [3.63, 3.8) is 0 Å². The molecule has 1 aromatic heterocycles. The van der Waals surface area contributed by atoms with Gasteiger partial charge in [-0.2, -0.15) is 0 Å². The first-order chi connectivity index (χ1) is 8.97. The molecule has 1 N–H and O–H groups in total. The highest BCUT2D eigenvalue weighted by atomic mass is 35.5. The molecule has 0 spiro atoms. The van der Waals surface area contributed by atoms with Gasteiger partial charge in [0.2, 0.25) is 0 Å². The molecule has 0 saturated carbocycles. The predicted octanol–water partition coefficient (Wildman–Crippen LogP) is 5.14. The number of halogens is 2. The molecular weight excluding hydrogens is 307 g/mol. The normalized spacial score (nSPS) is 12.2. The first-order valence-electron chi connectivity index (χ1n) is 5.42. The molecule has 19 heavy (non-hydrogen) atoms. The fourth-order valence-electron chi connectivity index (χ4n) is 1.63. The van der Waals surface area contributed by atoms with E-state index in [4.69, 9.17) is 23.2 Å². The fraction of sp³-hybridized carbons (Fsp3) is 0.167. The molecule has 1 aromatic carbocycles. The lowest BCUT2D eigenvalue weighted by Gasteiger charge is -2.14. The molecule has 100 valence electrons. The monoisotopic (exact) mass is 316 g/mol. The van der Waals surface area contributed by atoms with E-state index in [1.165, 1.54) is 17.4 Å². The van der Waals surface area contributed by atoms with E-state index >= 15 is 0 Å². The fourth-order valence-corrected chi connectivity index (χ4v) is 2.86. The second kappa shape index (κ2) is 5.77. The Balaban J connectivity index is 2.15. The first-order valence-corrected chi connectivity index (χ1v) is 7.05.